The van der Waals surface area contributed by atoms with E-state index in [2.05, 4.69) is 0 Å². The molecule has 23 heavy (non-hydrogen) atoms. The van der Waals surface area contributed by atoms with Gasteiger partial charge in [-0.1, -0.05) is 29.8 Å². The Labute approximate surface area is 136 Å². The SMILES string of the molecule is COc1ccc(C2C(C=O)C2S(=O)(=O)c2ccc(C)cc2)cc1. The summed E-state index contributed by atoms with van der Waals surface area (Å²) in [6.45, 7) is 1.90. The number of aldehydes is 1. The number of benzene rings is 2. The van der Waals surface area contributed by atoms with E-state index in [1.54, 1.807) is 43.5 Å². The predicted octanol–water partition coefficient (Wildman–Crippen LogP) is 2.76. The van der Waals surface area contributed by atoms with Gasteiger partial charge >= 0.3 is 0 Å². The topological polar surface area (TPSA) is 60.4 Å². The van der Waals surface area contributed by atoms with Crippen LogP contribution in [0, 0.1) is 12.8 Å². The number of ether oxygens (including phenoxy) is 1. The highest BCUT2D eigenvalue weighted by Crippen LogP contribution is 2.53. The minimum absolute atomic E-state index is 0.274. The predicted molar refractivity (Wildman–Crippen MR) is 87.4 cm³/mol. The maximum Gasteiger partial charge on any atom is 0.182 e. The molecule has 120 valence electrons. The van der Waals surface area contributed by atoms with Crippen LogP contribution >= 0.6 is 0 Å². The van der Waals surface area contributed by atoms with Crippen LogP contribution in [0.1, 0.15) is 17.0 Å². The maximum absolute atomic E-state index is 12.8. The molecule has 2 aromatic rings. The Morgan fingerprint density at radius 3 is 2.13 bits per heavy atom. The summed E-state index contributed by atoms with van der Waals surface area (Å²) >= 11 is 0. The zero-order valence-electron chi connectivity index (χ0n) is 13.0. The van der Waals surface area contributed by atoms with E-state index in [1.807, 2.05) is 19.1 Å². The fourth-order valence-electron chi connectivity index (χ4n) is 2.99. The fraction of sp³-hybridized carbons (Fsp3) is 0.278. The van der Waals surface area contributed by atoms with Crippen LogP contribution in [0.3, 0.4) is 0 Å². The van der Waals surface area contributed by atoms with Crippen molar-refractivity contribution in [2.45, 2.75) is 23.0 Å². The third kappa shape index (κ3) is 2.77. The van der Waals surface area contributed by atoms with Crippen molar-refractivity contribution < 1.29 is 17.9 Å². The van der Waals surface area contributed by atoms with Gasteiger partial charge in [-0.15, -0.1) is 0 Å². The number of sulfone groups is 1. The van der Waals surface area contributed by atoms with Crippen molar-refractivity contribution in [3.05, 3.63) is 59.7 Å². The summed E-state index contributed by atoms with van der Waals surface area (Å²) < 4.78 is 30.7. The molecule has 0 N–H and O–H groups in total. The molecule has 0 saturated heterocycles. The molecule has 2 aromatic carbocycles. The van der Waals surface area contributed by atoms with E-state index in [0.717, 1.165) is 17.4 Å². The maximum atomic E-state index is 12.8. The van der Waals surface area contributed by atoms with Gasteiger partial charge in [0.1, 0.15) is 12.0 Å². The van der Waals surface area contributed by atoms with Gasteiger partial charge in [0.2, 0.25) is 0 Å². The highest BCUT2D eigenvalue weighted by molar-refractivity contribution is 7.92. The second kappa shape index (κ2) is 5.81. The zero-order chi connectivity index (χ0) is 16.6. The lowest BCUT2D eigenvalue weighted by Gasteiger charge is -2.05. The largest absolute Gasteiger partial charge is 0.497 e. The minimum atomic E-state index is -3.52. The van der Waals surface area contributed by atoms with Gasteiger partial charge in [0.05, 0.1) is 17.3 Å². The number of rotatable bonds is 5. The molecule has 3 atom stereocenters. The molecule has 5 heteroatoms. The highest BCUT2D eigenvalue weighted by atomic mass is 32.2. The van der Waals surface area contributed by atoms with Crippen molar-refractivity contribution >= 4 is 16.1 Å². The van der Waals surface area contributed by atoms with Crippen LogP contribution in [0.25, 0.3) is 0 Å². The fourth-order valence-corrected chi connectivity index (χ4v) is 5.10. The van der Waals surface area contributed by atoms with Crippen molar-refractivity contribution in [3.8, 4) is 5.75 Å². The first-order valence-corrected chi connectivity index (χ1v) is 8.93. The molecule has 0 spiro atoms. The molecule has 3 rings (SSSR count). The van der Waals surface area contributed by atoms with Crippen LogP contribution in [-0.2, 0) is 14.6 Å². The van der Waals surface area contributed by atoms with Crippen LogP contribution in [-0.4, -0.2) is 27.1 Å². The summed E-state index contributed by atoms with van der Waals surface area (Å²) in [6, 6.07) is 14.0. The molecule has 0 amide bonds. The summed E-state index contributed by atoms with van der Waals surface area (Å²) in [4.78, 5) is 11.6. The second-order valence-electron chi connectivity index (χ2n) is 5.84. The van der Waals surface area contributed by atoms with Crippen molar-refractivity contribution in [2.75, 3.05) is 7.11 Å². The molecule has 0 aromatic heterocycles. The quantitative estimate of drug-likeness (QED) is 0.791. The first-order valence-electron chi connectivity index (χ1n) is 7.39. The molecule has 0 aliphatic heterocycles. The van der Waals surface area contributed by atoms with Gasteiger partial charge in [0.15, 0.2) is 9.84 Å². The lowest BCUT2D eigenvalue weighted by atomic mass is 10.1. The van der Waals surface area contributed by atoms with Crippen molar-refractivity contribution in [1.29, 1.82) is 0 Å². The number of aryl methyl sites for hydroxylation is 1. The van der Waals surface area contributed by atoms with Crippen LogP contribution < -0.4 is 4.74 Å². The van der Waals surface area contributed by atoms with Crippen molar-refractivity contribution in [2.24, 2.45) is 5.92 Å². The third-order valence-electron chi connectivity index (χ3n) is 4.37. The molecule has 1 aliphatic carbocycles. The number of hydrogen-bond donors (Lipinski definition) is 0. The Bertz CT molecular complexity index is 807. The minimum Gasteiger partial charge on any atom is -0.497 e. The van der Waals surface area contributed by atoms with E-state index < -0.39 is 21.0 Å². The summed E-state index contributed by atoms with van der Waals surface area (Å²) in [5, 5.41) is -0.684. The van der Waals surface area contributed by atoms with Crippen LogP contribution in [0.15, 0.2) is 53.4 Å². The Hall–Kier alpha value is -2.14. The van der Waals surface area contributed by atoms with E-state index in [4.69, 9.17) is 4.74 Å². The molecule has 0 radical (unpaired) electrons. The molecule has 0 bridgehead atoms. The lowest BCUT2D eigenvalue weighted by molar-refractivity contribution is -0.108. The Balaban J connectivity index is 1.92. The summed E-state index contributed by atoms with van der Waals surface area (Å²) in [5.74, 6) is -0.0746. The number of carbonyl (C=O) groups excluding carboxylic acids is 1. The lowest BCUT2D eigenvalue weighted by Crippen LogP contribution is -2.11. The van der Waals surface area contributed by atoms with Crippen molar-refractivity contribution in [1.82, 2.24) is 0 Å². The van der Waals surface area contributed by atoms with Crippen LogP contribution in [0.2, 0.25) is 0 Å². The van der Waals surface area contributed by atoms with E-state index in [0.29, 0.717) is 5.75 Å². The molecular formula is C18H18O4S. The van der Waals surface area contributed by atoms with E-state index >= 15 is 0 Å². The van der Waals surface area contributed by atoms with Gasteiger partial charge < -0.3 is 9.53 Å². The van der Waals surface area contributed by atoms with E-state index in [1.165, 1.54) is 0 Å². The molecular weight excluding hydrogens is 312 g/mol. The molecule has 1 aliphatic rings. The Morgan fingerprint density at radius 2 is 1.61 bits per heavy atom. The van der Waals surface area contributed by atoms with Gasteiger partial charge in [-0.25, -0.2) is 8.42 Å². The summed E-state index contributed by atoms with van der Waals surface area (Å²) in [5.41, 5.74) is 1.85. The average molecular weight is 330 g/mol. The first kappa shape index (κ1) is 15.7. The smallest absolute Gasteiger partial charge is 0.182 e. The second-order valence-corrected chi connectivity index (χ2v) is 7.94. The first-order chi connectivity index (χ1) is 11.0. The number of methoxy groups -OCH3 is 1. The van der Waals surface area contributed by atoms with Gasteiger partial charge in [-0.3, -0.25) is 0 Å². The number of carbonyl (C=O) groups is 1. The monoisotopic (exact) mass is 330 g/mol. The molecule has 0 heterocycles. The summed E-state index contributed by atoms with van der Waals surface area (Å²) in [7, 11) is -1.94. The standard InChI is InChI=1S/C18H18O4S/c1-12-3-9-15(10-4-12)23(20,21)18-16(11-19)17(18)13-5-7-14(22-2)8-6-13/h3-11,16-18H,1-2H3. The molecule has 4 nitrogen and oxygen atoms in total. The zero-order valence-corrected chi connectivity index (χ0v) is 13.8. The van der Waals surface area contributed by atoms with Gasteiger partial charge in [0, 0.05) is 11.8 Å². The molecule has 3 unspecified atom stereocenters. The van der Waals surface area contributed by atoms with Gasteiger partial charge in [-0.05, 0) is 36.8 Å². The normalized spacial score (nSPS) is 23.3. The molecule has 1 fully saturated rings. The van der Waals surface area contributed by atoms with Gasteiger partial charge in [0.25, 0.3) is 0 Å². The van der Waals surface area contributed by atoms with Gasteiger partial charge in [-0.2, -0.15) is 0 Å². The highest BCUT2D eigenvalue weighted by Gasteiger charge is 2.59. The molecule has 1 saturated carbocycles. The van der Waals surface area contributed by atoms with E-state index in [9.17, 15) is 13.2 Å². The summed E-state index contributed by atoms with van der Waals surface area (Å²) in [6.07, 6.45) is 0.755. The van der Waals surface area contributed by atoms with Crippen LogP contribution in [0.5, 0.6) is 5.75 Å². The van der Waals surface area contributed by atoms with E-state index in [-0.39, 0.29) is 10.8 Å². The average Bonchev–Trinajstić information content (AvgIpc) is 3.31. The number of hydrogen-bond acceptors (Lipinski definition) is 4. The van der Waals surface area contributed by atoms with Crippen molar-refractivity contribution in [3.63, 3.8) is 0 Å². The third-order valence-corrected chi connectivity index (χ3v) is 6.63. The Kier molecular flexibility index (Phi) is 3.98. The Morgan fingerprint density at radius 1 is 1.00 bits per heavy atom. The van der Waals surface area contributed by atoms with Crippen LogP contribution in [0.4, 0.5) is 0 Å².